The number of hydrogen-bond acceptors (Lipinski definition) is 6. The number of rotatable bonds is 7. The summed E-state index contributed by atoms with van der Waals surface area (Å²) >= 11 is 1.23. The minimum absolute atomic E-state index is 0.0307. The lowest BCUT2D eigenvalue weighted by molar-refractivity contribution is -0.137. The molecule has 1 aromatic carbocycles. The molecule has 0 unspecified atom stereocenters. The van der Waals surface area contributed by atoms with Gasteiger partial charge in [0.2, 0.25) is 0 Å². The highest BCUT2D eigenvalue weighted by molar-refractivity contribution is 7.14. The fourth-order valence-corrected chi connectivity index (χ4v) is 4.07. The Morgan fingerprint density at radius 2 is 2.00 bits per heavy atom. The predicted octanol–water partition coefficient (Wildman–Crippen LogP) is 5.04. The minimum atomic E-state index is -0.477. The quantitative estimate of drug-likeness (QED) is 0.366. The fourth-order valence-electron chi connectivity index (χ4n) is 3.39. The number of thiazole rings is 1. The molecular weight excluding hydrogens is 402 g/mol. The number of carbonyl (C=O) groups excluding carboxylic acids is 3. The number of ether oxygens (including phenoxy) is 1. The van der Waals surface area contributed by atoms with Crippen molar-refractivity contribution < 1.29 is 19.1 Å². The molecule has 7 nitrogen and oxygen atoms in total. The zero-order valence-corrected chi connectivity index (χ0v) is 17.9. The number of Topliss-reactive ketones (excluding diaryl/α,β-unsaturated/α-hetero) is 1. The number of nitrogens with one attached hydrogen (secondary N) is 2. The number of esters is 1. The first-order chi connectivity index (χ1) is 14.5. The van der Waals surface area contributed by atoms with Crippen LogP contribution in [-0.2, 0) is 9.53 Å². The molecule has 1 aliphatic carbocycles. The van der Waals surface area contributed by atoms with Crippen LogP contribution >= 0.6 is 11.3 Å². The maximum absolute atomic E-state index is 12.9. The maximum Gasteiger partial charge on any atom is 0.330 e. The van der Waals surface area contributed by atoms with Crippen LogP contribution in [0.1, 0.15) is 54.2 Å². The van der Waals surface area contributed by atoms with Crippen molar-refractivity contribution in [3.05, 3.63) is 46.5 Å². The van der Waals surface area contributed by atoms with Crippen LogP contribution in [0.2, 0.25) is 0 Å². The lowest BCUT2D eigenvalue weighted by Crippen LogP contribution is -2.22. The molecule has 1 heterocycles. The van der Waals surface area contributed by atoms with Crippen molar-refractivity contribution in [2.45, 2.75) is 39.5 Å². The van der Waals surface area contributed by atoms with E-state index >= 15 is 0 Å². The predicted molar refractivity (Wildman–Crippen MR) is 118 cm³/mol. The van der Waals surface area contributed by atoms with Gasteiger partial charge in [0.25, 0.3) is 0 Å². The largest absolute Gasteiger partial charge is 0.463 e. The smallest absolute Gasteiger partial charge is 0.330 e. The summed E-state index contributed by atoms with van der Waals surface area (Å²) in [6, 6.07) is 4.97. The van der Waals surface area contributed by atoms with Gasteiger partial charge in [-0.05, 0) is 44.9 Å². The molecule has 0 bridgehead atoms. The molecule has 2 aromatic rings. The Bertz CT molecular complexity index is 961. The molecule has 0 spiro atoms. The van der Waals surface area contributed by atoms with E-state index in [-0.39, 0.29) is 11.7 Å². The molecule has 158 valence electrons. The third-order valence-electron chi connectivity index (χ3n) is 4.83. The third-order valence-corrected chi connectivity index (χ3v) is 5.61. The summed E-state index contributed by atoms with van der Waals surface area (Å²) < 4.78 is 4.82. The molecule has 1 fully saturated rings. The molecule has 0 aliphatic heterocycles. The normalized spacial score (nSPS) is 14.1. The van der Waals surface area contributed by atoms with E-state index in [1.165, 1.54) is 23.5 Å². The lowest BCUT2D eigenvalue weighted by atomic mass is 9.94. The summed E-state index contributed by atoms with van der Waals surface area (Å²) in [6.07, 6.45) is 6.76. The second-order valence-corrected chi connectivity index (χ2v) is 7.99. The van der Waals surface area contributed by atoms with Gasteiger partial charge in [-0.25, -0.2) is 14.6 Å². The van der Waals surface area contributed by atoms with Crippen molar-refractivity contribution in [3.63, 3.8) is 0 Å². The molecule has 30 heavy (non-hydrogen) atoms. The first kappa shape index (κ1) is 21.7. The van der Waals surface area contributed by atoms with Gasteiger partial charge in [-0.15, -0.1) is 11.3 Å². The van der Waals surface area contributed by atoms with Gasteiger partial charge in [0.1, 0.15) is 0 Å². The van der Waals surface area contributed by atoms with Gasteiger partial charge in [-0.2, -0.15) is 0 Å². The van der Waals surface area contributed by atoms with Gasteiger partial charge < -0.3 is 10.1 Å². The number of aryl methyl sites for hydroxylation is 1. The van der Waals surface area contributed by atoms with Crippen molar-refractivity contribution in [1.82, 2.24) is 4.98 Å². The Hall–Kier alpha value is -3.00. The summed E-state index contributed by atoms with van der Waals surface area (Å²) in [7, 11) is 0. The number of carbonyl (C=O) groups is 3. The molecule has 0 radical (unpaired) electrons. The van der Waals surface area contributed by atoms with Gasteiger partial charge >= 0.3 is 12.0 Å². The number of anilines is 2. The highest BCUT2D eigenvalue weighted by atomic mass is 32.1. The summed E-state index contributed by atoms with van der Waals surface area (Å²) in [5, 5.41) is 7.54. The van der Waals surface area contributed by atoms with E-state index in [1.807, 2.05) is 19.1 Å². The van der Waals surface area contributed by atoms with Crippen LogP contribution in [0.3, 0.4) is 0 Å². The molecule has 0 saturated heterocycles. The van der Waals surface area contributed by atoms with E-state index in [4.69, 9.17) is 4.74 Å². The standard InChI is InChI=1S/C22H25N3O4S/c1-3-29-19(26)11-9-16-13-30-22(23-16)25-21(28)24-18-10-8-14(2)12-17(18)20(27)15-6-4-5-7-15/h8-13,15H,3-7H2,1-2H3,(H2,23,24,25,28). The summed E-state index contributed by atoms with van der Waals surface area (Å²) in [5.74, 6) is -0.327. The Kier molecular flexibility index (Phi) is 7.35. The fraction of sp³-hybridized carbons (Fsp3) is 0.364. The number of ketones is 1. The highest BCUT2D eigenvalue weighted by Crippen LogP contribution is 2.31. The average molecular weight is 428 g/mol. The average Bonchev–Trinajstić information content (AvgIpc) is 3.39. The number of aromatic nitrogens is 1. The molecular formula is C22H25N3O4S. The number of benzene rings is 1. The van der Waals surface area contributed by atoms with Gasteiger partial charge in [0.05, 0.1) is 18.0 Å². The first-order valence-electron chi connectivity index (χ1n) is 9.99. The first-order valence-corrected chi connectivity index (χ1v) is 10.9. The van der Waals surface area contributed by atoms with Crippen LogP contribution in [0.25, 0.3) is 6.08 Å². The Balaban J connectivity index is 1.65. The van der Waals surface area contributed by atoms with Crippen LogP contribution in [-0.4, -0.2) is 29.4 Å². The van der Waals surface area contributed by atoms with Crippen molar-refractivity contribution in [2.24, 2.45) is 5.92 Å². The van der Waals surface area contributed by atoms with Crippen LogP contribution in [0.15, 0.2) is 29.7 Å². The monoisotopic (exact) mass is 427 g/mol. The van der Waals surface area contributed by atoms with Crippen molar-refractivity contribution >= 4 is 46.0 Å². The van der Waals surface area contributed by atoms with E-state index in [0.29, 0.717) is 28.7 Å². The molecule has 2 N–H and O–H groups in total. The summed E-state index contributed by atoms with van der Waals surface area (Å²) in [6.45, 7) is 3.96. The highest BCUT2D eigenvalue weighted by Gasteiger charge is 2.26. The SMILES string of the molecule is CCOC(=O)C=Cc1csc(NC(=O)Nc2ccc(C)cc2C(=O)C2CCCC2)n1. The number of hydrogen-bond donors (Lipinski definition) is 2. The van der Waals surface area contributed by atoms with E-state index < -0.39 is 12.0 Å². The van der Waals surface area contributed by atoms with E-state index in [2.05, 4.69) is 15.6 Å². The van der Waals surface area contributed by atoms with Crippen molar-refractivity contribution in [3.8, 4) is 0 Å². The molecule has 8 heteroatoms. The van der Waals surface area contributed by atoms with E-state index in [9.17, 15) is 14.4 Å². The topological polar surface area (TPSA) is 97.4 Å². The second kappa shape index (κ2) is 10.2. The van der Waals surface area contributed by atoms with Gasteiger partial charge in [-0.1, -0.05) is 24.5 Å². The molecule has 1 saturated carbocycles. The summed E-state index contributed by atoms with van der Waals surface area (Å²) in [5.41, 5.74) is 2.55. The van der Waals surface area contributed by atoms with Crippen LogP contribution in [0.5, 0.6) is 0 Å². The third kappa shape index (κ3) is 5.76. The second-order valence-electron chi connectivity index (χ2n) is 7.14. The summed E-state index contributed by atoms with van der Waals surface area (Å²) in [4.78, 5) is 41.0. The van der Waals surface area contributed by atoms with Crippen LogP contribution in [0.4, 0.5) is 15.6 Å². The minimum Gasteiger partial charge on any atom is -0.463 e. The molecule has 2 amide bonds. The van der Waals surface area contributed by atoms with Gasteiger partial charge in [-0.3, -0.25) is 10.1 Å². The van der Waals surface area contributed by atoms with Crippen LogP contribution < -0.4 is 10.6 Å². The zero-order valence-electron chi connectivity index (χ0n) is 17.1. The van der Waals surface area contributed by atoms with Gasteiger partial charge in [0, 0.05) is 22.9 Å². The molecule has 1 aliphatic rings. The van der Waals surface area contributed by atoms with Crippen molar-refractivity contribution in [1.29, 1.82) is 0 Å². The number of amides is 2. The van der Waals surface area contributed by atoms with E-state index in [0.717, 1.165) is 31.2 Å². The maximum atomic E-state index is 12.9. The Labute approximate surface area is 179 Å². The Morgan fingerprint density at radius 1 is 1.23 bits per heavy atom. The van der Waals surface area contributed by atoms with E-state index in [1.54, 1.807) is 18.4 Å². The molecule has 0 atom stereocenters. The number of nitrogens with zero attached hydrogens (tertiary/aromatic N) is 1. The molecule has 1 aromatic heterocycles. The van der Waals surface area contributed by atoms with Crippen LogP contribution in [0, 0.1) is 12.8 Å². The molecule has 3 rings (SSSR count). The van der Waals surface area contributed by atoms with Crippen molar-refractivity contribution in [2.75, 3.05) is 17.2 Å². The lowest BCUT2D eigenvalue weighted by Gasteiger charge is -2.14. The van der Waals surface area contributed by atoms with Gasteiger partial charge in [0.15, 0.2) is 10.9 Å². The number of urea groups is 1. The zero-order chi connectivity index (χ0) is 21.5. The Morgan fingerprint density at radius 3 is 2.73 bits per heavy atom.